The lowest BCUT2D eigenvalue weighted by molar-refractivity contribution is -0.146. The van der Waals surface area contributed by atoms with Crippen LogP contribution >= 0.6 is 11.6 Å². The Balaban J connectivity index is 2.15. The van der Waals surface area contributed by atoms with Crippen LogP contribution in [0.2, 0.25) is 5.02 Å². The topological polar surface area (TPSA) is 91.9 Å². The number of carbonyl (C=O) groups excluding carboxylic acids is 1. The first-order chi connectivity index (χ1) is 16.1. The van der Waals surface area contributed by atoms with Gasteiger partial charge in [0.25, 0.3) is 0 Å². The van der Waals surface area contributed by atoms with Gasteiger partial charge in [0.1, 0.15) is 30.3 Å². The molecule has 0 radical (unpaired) electrons. The van der Waals surface area contributed by atoms with Gasteiger partial charge in [-0.05, 0) is 20.2 Å². The summed E-state index contributed by atoms with van der Waals surface area (Å²) in [5.41, 5.74) is -1.89. The second-order valence-electron chi connectivity index (χ2n) is 7.32. The number of methoxy groups -OCH3 is 2. The van der Waals surface area contributed by atoms with Crippen LogP contribution in [0.4, 0.5) is 13.2 Å². The molecule has 9 nitrogen and oxygen atoms in total. The summed E-state index contributed by atoms with van der Waals surface area (Å²) in [7, 11) is 6.07. The quantitative estimate of drug-likeness (QED) is 0.402. The first-order valence-electron chi connectivity index (χ1n) is 9.86. The smallest absolute Gasteiger partial charge is 0.433 e. The number of halogens is 4. The van der Waals surface area contributed by atoms with E-state index in [9.17, 15) is 18.0 Å². The molecule has 0 aliphatic heterocycles. The highest BCUT2D eigenvalue weighted by molar-refractivity contribution is 6.35. The Kier molecular flexibility index (Phi) is 7.85. The third kappa shape index (κ3) is 5.18. The van der Waals surface area contributed by atoms with Gasteiger partial charge in [-0.1, -0.05) is 28.9 Å². The number of esters is 1. The minimum Gasteiger partial charge on any atom is -0.491 e. The molecule has 13 heteroatoms. The fourth-order valence-corrected chi connectivity index (χ4v) is 3.43. The van der Waals surface area contributed by atoms with E-state index in [-0.39, 0.29) is 21.8 Å². The number of rotatable bonds is 9. The zero-order valence-electron chi connectivity index (χ0n) is 18.8. The van der Waals surface area contributed by atoms with Gasteiger partial charge in [0.05, 0.1) is 23.9 Å². The molecule has 2 heterocycles. The van der Waals surface area contributed by atoms with Crippen molar-refractivity contribution in [2.75, 3.05) is 41.5 Å². The summed E-state index contributed by atoms with van der Waals surface area (Å²) in [5, 5.41) is 7.69. The summed E-state index contributed by atoms with van der Waals surface area (Å²) in [5.74, 6) is -1.12. The third-order valence-electron chi connectivity index (χ3n) is 4.70. The van der Waals surface area contributed by atoms with E-state index >= 15 is 0 Å². The lowest BCUT2D eigenvalue weighted by Gasteiger charge is -2.13. The minimum absolute atomic E-state index is 0.0995. The fraction of sp³-hybridized carbons (Fsp3) is 0.381. The summed E-state index contributed by atoms with van der Waals surface area (Å²) in [6, 6.07) is 4.77. The second kappa shape index (κ2) is 10.5. The van der Waals surface area contributed by atoms with Crippen molar-refractivity contribution in [2.45, 2.75) is 12.9 Å². The zero-order valence-corrected chi connectivity index (χ0v) is 19.5. The molecule has 34 heavy (non-hydrogen) atoms. The van der Waals surface area contributed by atoms with Gasteiger partial charge in [-0.2, -0.15) is 18.3 Å². The molecule has 1 aromatic carbocycles. The number of aromatic nitrogens is 3. The first kappa shape index (κ1) is 25.5. The molecule has 0 amide bonds. The molecule has 0 spiro atoms. The predicted octanol–water partition coefficient (Wildman–Crippen LogP) is 4.21. The summed E-state index contributed by atoms with van der Waals surface area (Å²) < 4.78 is 62.7. The van der Waals surface area contributed by atoms with Gasteiger partial charge < -0.3 is 23.6 Å². The molecule has 0 saturated carbocycles. The first-order valence-corrected chi connectivity index (χ1v) is 10.2. The average molecular weight is 503 g/mol. The van der Waals surface area contributed by atoms with Gasteiger partial charge in [-0.3, -0.25) is 0 Å². The molecule has 0 saturated heterocycles. The number of hydrogen-bond donors (Lipinski definition) is 0. The molecule has 2 aromatic heterocycles. The van der Waals surface area contributed by atoms with Gasteiger partial charge >= 0.3 is 12.1 Å². The van der Waals surface area contributed by atoms with E-state index in [1.807, 2.05) is 19.0 Å². The maximum absolute atomic E-state index is 13.9. The maximum Gasteiger partial charge on any atom is 0.433 e. The standard InChI is InChI=1S/C21H22ClF3N4O5/c1-28(2)8-9-33-14-7-5-6-12(16(14)22)17-15(20(30)32-4)18(34-27-17)13-10-26-29(11-31-3)19(13)21(23,24)25/h5-7,10H,8-9,11H2,1-4H3. The number of hydrogen-bond acceptors (Lipinski definition) is 8. The van der Waals surface area contributed by atoms with Crippen LogP contribution in [0.15, 0.2) is 28.9 Å². The van der Waals surface area contributed by atoms with Crippen LogP contribution in [0.25, 0.3) is 22.6 Å². The highest BCUT2D eigenvalue weighted by Gasteiger charge is 2.41. The van der Waals surface area contributed by atoms with Gasteiger partial charge in [-0.25, -0.2) is 9.48 Å². The van der Waals surface area contributed by atoms with Crippen LogP contribution in [0.5, 0.6) is 5.75 Å². The van der Waals surface area contributed by atoms with E-state index in [0.717, 1.165) is 13.3 Å². The van der Waals surface area contributed by atoms with E-state index in [2.05, 4.69) is 10.3 Å². The van der Waals surface area contributed by atoms with Crippen molar-refractivity contribution in [3.63, 3.8) is 0 Å². The van der Waals surface area contributed by atoms with Gasteiger partial charge in [-0.15, -0.1) is 0 Å². The van der Waals surface area contributed by atoms with Gasteiger partial charge in [0.2, 0.25) is 0 Å². The van der Waals surface area contributed by atoms with E-state index in [1.54, 1.807) is 12.1 Å². The monoisotopic (exact) mass is 502 g/mol. The summed E-state index contributed by atoms with van der Waals surface area (Å²) in [6.45, 7) is 0.479. The highest BCUT2D eigenvalue weighted by atomic mass is 35.5. The molecule has 184 valence electrons. The van der Waals surface area contributed by atoms with Crippen LogP contribution in [0, 0.1) is 0 Å². The third-order valence-corrected chi connectivity index (χ3v) is 5.09. The molecule has 3 aromatic rings. The summed E-state index contributed by atoms with van der Waals surface area (Å²) in [6.07, 6.45) is -3.91. The number of ether oxygens (including phenoxy) is 3. The fourth-order valence-electron chi connectivity index (χ4n) is 3.16. The Hall–Kier alpha value is -3.09. The molecule has 0 atom stereocenters. The lowest BCUT2D eigenvalue weighted by atomic mass is 10.0. The maximum atomic E-state index is 13.9. The minimum atomic E-state index is -4.83. The van der Waals surface area contributed by atoms with Crippen LogP contribution in [-0.2, 0) is 22.4 Å². The molecule has 3 rings (SSSR count). The summed E-state index contributed by atoms with van der Waals surface area (Å²) in [4.78, 5) is 14.6. The van der Waals surface area contributed by atoms with Crippen molar-refractivity contribution in [1.82, 2.24) is 19.8 Å². The van der Waals surface area contributed by atoms with Crippen molar-refractivity contribution < 1.29 is 36.7 Å². The normalized spacial score (nSPS) is 11.8. The number of alkyl halides is 3. The highest BCUT2D eigenvalue weighted by Crippen LogP contribution is 2.43. The molecule has 0 bridgehead atoms. The Bertz CT molecular complexity index is 1160. The van der Waals surface area contributed by atoms with Crippen molar-refractivity contribution in [2.24, 2.45) is 0 Å². The molecule has 0 aliphatic rings. The van der Waals surface area contributed by atoms with Crippen LogP contribution in [-0.4, -0.2) is 67.3 Å². The van der Waals surface area contributed by atoms with E-state index in [4.69, 9.17) is 30.3 Å². The van der Waals surface area contributed by atoms with Crippen LogP contribution in [0.3, 0.4) is 0 Å². The van der Waals surface area contributed by atoms with Crippen molar-refractivity contribution in [3.05, 3.63) is 40.7 Å². The Morgan fingerprint density at radius 2 is 1.97 bits per heavy atom. The van der Waals surface area contributed by atoms with Crippen LogP contribution < -0.4 is 4.74 Å². The van der Waals surface area contributed by atoms with E-state index < -0.39 is 35.9 Å². The molecular formula is C21H22ClF3N4O5. The zero-order chi connectivity index (χ0) is 25.0. The molecule has 0 N–H and O–H groups in total. The van der Waals surface area contributed by atoms with E-state index in [0.29, 0.717) is 23.6 Å². The van der Waals surface area contributed by atoms with Crippen LogP contribution in [0.1, 0.15) is 16.1 Å². The predicted molar refractivity (Wildman–Crippen MR) is 116 cm³/mol. The number of nitrogens with zero attached hydrogens (tertiary/aromatic N) is 4. The lowest BCUT2D eigenvalue weighted by Crippen LogP contribution is -2.19. The van der Waals surface area contributed by atoms with Crippen molar-refractivity contribution in [3.8, 4) is 28.3 Å². The Labute approximate surface area is 197 Å². The Morgan fingerprint density at radius 3 is 2.59 bits per heavy atom. The molecular weight excluding hydrogens is 481 g/mol. The van der Waals surface area contributed by atoms with Crippen molar-refractivity contribution in [1.29, 1.82) is 0 Å². The number of benzene rings is 1. The SMILES string of the molecule is COCn1ncc(-c2onc(-c3cccc(OCCN(C)C)c3Cl)c2C(=O)OC)c1C(F)(F)F. The second-order valence-corrected chi connectivity index (χ2v) is 7.70. The molecule has 0 fully saturated rings. The van der Waals surface area contributed by atoms with Gasteiger partial charge in [0, 0.05) is 19.2 Å². The van der Waals surface area contributed by atoms with Gasteiger partial charge in [0.15, 0.2) is 11.5 Å². The number of carbonyl (C=O) groups is 1. The largest absolute Gasteiger partial charge is 0.491 e. The van der Waals surface area contributed by atoms with Crippen molar-refractivity contribution >= 4 is 17.6 Å². The average Bonchev–Trinajstić information content (AvgIpc) is 3.38. The summed E-state index contributed by atoms with van der Waals surface area (Å²) >= 11 is 6.50. The Morgan fingerprint density at radius 1 is 1.24 bits per heavy atom. The number of likely N-dealkylation sites (N-methyl/N-ethyl adjacent to an activating group) is 1. The molecule has 0 aliphatic carbocycles. The molecule has 0 unspecified atom stereocenters. The van der Waals surface area contributed by atoms with E-state index in [1.165, 1.54) is 13.2 Å².